The molecule has 34 heavy (non-hydrogen) atoms. The van der Waals surface area contributed by atoms with Gasteiger partial charge in [-0.3, -0.25) is 0 Å². The van der Waals surface area contributed by atoms with Crippen LogP contribution in [0.4, 0.5) is 14.6 Å². The Kier molecular flexibility index (Phi) is 6.79. The molecule has 3 N–H and O–H groups in total. The molecule has 0 aliphatic carbocycles. The van der Waals surface area contributed by atoms with E-state index in [9.17, 15) is 8.78 Å². The Bertz CT molecular complexity index is 1150. The van der Waals surface area contributed by atoms with Crippen molar-refractivity contribution in [3.8, 4) is 6.01 Å². The number of ether oxygens (including phenoxy) is 4. The number of pyridine rings is 1. The van der Waals surface area contributed by atoms with Gasteiger partial charge in [0.05, 0.1) is 23.8 Å². The smallest absolute Gasteiger partial charge is 0.296 e. The molecular weight excluding hydrogens is 474 g/mol. The number of nitrogens with zero attached hydrogens (tertiary/aromatic N) is 2. The molecule has 2 fully saturated rings. The van der Waals surface area contributed by atoms with Crippen molar-refractivity contribution in [3.05, 3.63) is 46.5 Å². The molecule has 0 saturated carbocycles. The summed E-state index contributed by atoms with van der Waals surface area (Å²) in [6.45, 7) is 1.05. The summed E-state index contributed by atoms with van der Waals surface area (Å²) in [5.41, 5.74) is 0.747. The predicted molar refractivity (Wildman–Crippen MR) is 118 cm³/mol. The van der Waals surface area contributed by atoms with Gasteiger partial charge in [0.1, 0.15) is 35.8 Å². The molecule has 5 rings (SSSR count). The van der Waals surface area contributed by atoms with Crippen molar-refractivity contribution in [2.75, 3.05) is 31.7 Å². The molecule has 3 aromatic rings. The number of rotatable bonds is 9. The first kappa shape index (κ1) is 23.2. The number of aromatic nitrogens is 3. The highest BCUT2D eigenvalue weighted by molar-refractivity contribution is 6.33. The number of imidazole rings is 1. The zero-order valence-corrected chi connectivity index (χ0v) is 18.7. The van der Waals surface area contributed by atoms with E-state index in [0.717, 1.165) is 0 Å². The summed E-state index contributed by atoms with van der Waals surface area (Å²) < 4.78 is 51.1. The quantitative estimate of drug-likeness (QED) is 0.388. The van der Waals surface area contributed by atoms with Crippen molar-refractivity contribution in [1.82, 2.24) is 15.0 Å². The summed E-state index contributed by atoms with van der Waals surface area (Å²) >= 11 is 6.30. The van der Waals surface area contributed by atoms with Crippen LogP contribution in [-0.2, 0) is 20.8 Å². The van der Waals surface area contributed by atoms with Crippen LogP contribution in [0.15, 0.2) is 24.3 Å². The highest BCUT2D eigenvalue weighted by Crippen LogP contribution is 2.32. The highest BCUT2D eigenvalue weighted by Gasteiger charge is 2.49. The zero-order valence-electron chi connectivity index (χ0n) is 18.0. The normalized spacial score (nSPS) is 24.0. The van der Waals surface area contributed by atoms with Gasteiger partial charge in [-0.15, -0.1) is 0 Å². The number of fused-ring (bicyclic) bond motifs is 2. The van der Waals surface area contributed by atoms with Crippen molar-refractivity contribution in [1.29, 1.82) is 0 Å². The minimum Gasteiger partial charge on any atom is -0.456 e. The van der Waals surface area contributed by atoms with Gasteiger partial charge in [-0.05, 0) is 24.6 Å². The average molecular weight is 497 g/mol. The van der Waals surface area contributed by atoms with Crippen molar-refractivity contribution >= 4 is 28.6 Å². The first-order valence-electron chi connectivity index (χ1n) is 10.9. The van der Waals surface area contributed by atoms with Crippen LogP contribution < -0.4 is 10.1 Å². The number of nitrogens with one attached hydrogen (secondary N) is 2. The Balaban J connectivity index is 1.25. The summed E-state index contributed by atoms with van der Waals surface area (Å²) in [4.78, 5) is 11.7. The van der Waals surface area contributed by atoms with Crippen LogP contribution in [0.1, 0.15) is 12.0 Å². The maximum Gasteiger partial charge on any atom is 0.296 e. The van der Waals surface area contributed by atoms with E-state index in [1.165, 1.54) is 18.2 Å². The Morgan fingerprint density at radius 2 is 1.88 bits per heavy atom. The molecule has 1 aromatic carbocycles. The molecule has 12 heteroatoms. The fourth-order valence-corrected chi connectivity index (χ4v) is 4.28. The molecule has 0 amide bonds. The second-order valence-electron chi connectivity index (χ2n) is 8.02. The van der Waals surface area contributed by atoms with E-state index in [0.29, 0.717) is 37.4 Å². The van der Waals surface area contributed by atoms with E-state index in [2.05, 4.69) is 20.3 Å². The van der Waals surface area contributed by atoms with Crippen molar-refractivity contribution in [2.45, 2.75) is 37.4 Å². The van der Waals surface area contributed by atoms with E-state index in [1.807, 2.05) is 0 Å². The molecule has 9 nitrogen and oxygen atoms in total. The van der Waals surface area contributed by atoms with E-state index >= 15 is 0 Å². The minimum absolute atomic E-state index is 0.0651. The van der Waals surface area contributed by atoms with Crippen LogP contribution in [-0.4, -0.2) is 70.9 Å². The van der Waals surface area contributed by atoms with E-state index in [4.69, 9.17) is 35.7 Å². The van der Waals surface area contributed by atoms with Crippen molar-refractivity contribution < 1.29 is 32.8 Å². The summed E-state index contributed by atoms with van der Waals surface area (Å²) in [6.07, 6.45) is -0.621. The van der Waals surface area contributed by atoms with Crippen molar-refractivity contribution in [3.63, 3.8) is 0 Å². The molecule has 0 radical (unpaired) electrons. The fourth-order valence-electron chi connectivity index (χ4n) is 4.06. The van der Waals surface area contributed by atoms with Gasteiger partial charge in [-0.2, -0.15) is 4.98 Å². The van der Waals surface area contributed by atoms with Crippen LogP contribution in [0, 0.1) is 11.6 Å². The van der Waals surface area contributed by atoms with E-state index < -0.39 is 17.7 Å². The molecule has 2 unspecified atom stereocenters. The van der Waals surface area contributed by atoms with Gasteiger partial charge < -0.3 is 34.4 Å². The molecule has 2 saturated heterocycles. The minimum atomic E-state index is -0.660. The number of aromatic amines is 1. The number of H-pyrrole nitrogens is 1. The molecule has 182 valence electrons. The van der Waals surface area contributed by atoms with Gasteiger partial charge in [0, 0.05) is 25.3 Å². The molecule has 2 aromatic heterocycles. The van der Waals surface area contributed by atoms with Gasteiger partial charge in [0.2, 0.25) is 0 Å². The van der Waals surface area contributed by atoms with Crippen LogP contribution in [0.5, 0.6) is 6.01 Å². The van der Waals surface area contributed by atoms with Crippen LogP contribution >= 0.6 is 11.6 Å². The largest absolute Gasteiger partial charge is 0.456 e. The van der Waals surface area contributed by atoms with Gasteiger partial charge in [-0.1, -0.05) is 17.7 Å². The SMILES string of the molecule is OCCCO[C@@H]1COC2C1OC[C@H]2Oc1nc2nc(NCc3c(F)cccc3F)c(Cl)cc2[nH]1. The summed E-state index contributed by atoms with van der Waals surface area (Å²) in [5.74, 6) is -1.08. The van der Waals surface area contributed by atoms with Gasteiger partial charge in [0.15, 0.2) is 11.8 Å². The third-order valence-electron chi connectivity index (χ3n) is 5.76. The standard InChI is InChI=1S/C22H23ClF2N4O5/c23-12-7-15-21(28-20(12)26-8-11-13(24)3-1-4-14(11)25)29-22(27-15)34-17-10-33-18-16(9-32-19(17)18)31-6-2-5-30/h1,3-4,7,16-19,30H,2,5-6,8-10H2,(H2,26,27,28,29)/t16-,17-,18?,19?/m1/s1. The number of anilines is 1. The molecule has 0 bridgehead atoms. The maximum absolute atomic E-state index is 13.9. The lowest BCUT2D eigenvalue weighted by Gasteiger charge is -2.16. The lowest BCUT2D eigenvalue weighted by atomic mass is 10.1. The molecule has 2 aliphatic rings. The van der Waals surface area contributed by atoms with E-state index in [-0.39, 0.29) is 53.9 Å². The van der Waals surface area contributed by atoms with Gasteiger partial charge in [0.25, 0.3) is 6.01 Å². The lowest BCUT2D eigenvalue weighted by molar-refractivity contribution is -0.0385. The Hall–Kier alpha value is -2.57. The Morgan fingerprint density at radius 3 is 2.65 bits per heavy atom. The summed E-state index contributed by atoms with van der Waals surface area (Å²) in [7, 11) is 0. The first-order valence-corrected chi connectivity index (χ1v) is 11.3. The molecule has 4 heterocycles. The van der Waals surface area contributed by atoms with Gasteiger partial charge >= 0.3 is 0 Å². The maximum atomic E-state index is 13.9. The number of aliphatic hydroxyl groups is 1. The molecule has 0 spiro atoms. The Morgan fingerprint density at radius 1 is 1.15 bits per heavy atom. The predicted octanol–water partition coefficient (Wildman–Crippen LogP) is 2.81. The second-order valence-corrected chi connectivity index (χ2v) is 8.43. The number of benzene rings is 1. The zero-order chi connectivity index (χ0) is 23.7. The number of hydrogen-bond donors (Lipinski definition) is 3. The number of aliphatic hydroxyl groups excluding tert-OH is 1. The number of halogens is 3. The highest BCUT2D eigenvalue weighted by atomic mass is 35.5. The molecule has 2 aliphatic heterocycles. The molecule has 4 atom stereocenters. The average Bonchev–Trinajstić information content (AvgIpc) is 3.50. The monoisotopic (exact) mass is 496 g/mol. The van der Waals surface area contributed by atoms with E-state index in [1.54, 1.807) is 6.07 Å². The molecular formula is C22H23ClF2N4O5. The second kappa shape index (κ2) is 9.96. The third kappa shape index (κ3) is 4.66. The van der Waals surface area contributed by atoms with Gasteiger partial charge in [-0.25, -0.2) is 13.8 Å². The summed E-state index contributed by atoms with van der Waals surface area (Å²) in [6, 6.07) is 5.50. The number of hydrogen-bond acceptors (Lipinski definition) is 8. The first-order chi connectivity index (χ1) is 16.5. The van der Waals surface area contributed by atoms with Crippen LogP contribution in [0.2, 0.25) is 5.02 Å². The van der Waals surface area contributed by atoms with Crippen molar-refractivity contribution in [2.24, 2.45) is 0 Å². The van der Waals surface area contributed by atoms with Crippen LogP contribution in [0.25, 0.3) is 11.2 Å². The topological polar surface area (TPSA) is 111 Å². The third-order valence-corrected chi connectivity index (χ3v) is 6.05. The fraction of sp³-hybridized carbons (Fsp3) is 0.455. The van der Waals surface area contributed by atoms with Crippen LogP contribution in [0.3, 0.4) is 0 Å². The summed E-state index contributed by atoms with van der Waals surface area (Å²) in [5, 5.41) is 12.0. The Labute approximate surface area is 198 Å². The lowest BCUT2D eigenvalue weighted by Crippen LogP contribution is -2.35.